The van der Waals surface area contributed by atoms with E-state index in [1.807, 2.05) is 0 Å². The third-order valence-electron chi connectivity index (χ3n) is 3.43. The topological polar surface area (TPSA) is 71.4 Å². The molecule has 4 nitrogen and oxygen atoms in total. The average molecular weight is 444 g/mol. The number of carboxylic acid groups (broad SMARTS) is 1. The van der Waals surface area contributed by atoms with Crippen LogP contribution in [0.5, 0.6) is 0 Å². The molecule has 0 amide bonds. The predicted octanol–water partition coefficient (Wildman–Crippen LogP) is 4.99. The normalized spacial score (nSPS) is 12.8. The lowest BCUT2D eigenvalue weighted by molar-refractivity contribution is -0.137. The van der Waals surface area contributed by atoms with E-state index >= 15 is 0 Å². The first-order valence-corrected chi connectivity index (χ1v) is 9.68. The van der Waals surface area contributed by atoms with E-state index in [0.29, 0.717) is 17.8 Å². The fourth-order valence-electron chi connectivity index (χ4n) is 2.09. The second-order valence-electron chi connectivity index (χ2n) is 5.40. The molecule has 0 aliphatic heterocycles. The standard InChI is InChI=1S/C16H10F6O4S2/c17-15(18,19)11-3-1-2-9(6-11)8-27-12-5-4-10(14(23)24)7-13(12)28(25,26)16(20,21)22/h1-7H,8H2,(H,23,24). The van der Waals surface area contributed by atoms with Crippen LogP contribution in [0.4, 0.5) is 26.3 Å². The van der Waals surface area contributed by atoms with Gasteiger partial charge in [-0.3, -0.25) is 0 Å². The number of thioether (sulfide) groups is 1. The molecule has 2 rings (SSSR count). The zero-order chi connectivity index (χ0) is 21.3. The molecule has 152 valence electrons. The van der Waals surface area contributed by atoms with Crippen molar-refractivity contribution < 1.29 is 44.7 Å². The van der Waals surface area contributed by atoms with Crippen LogP contribution in [0.2, 0.25) is 0 Å². The van der Waals surface area contributed by atoms with Gasteiger partial charge in [-0.1, -0.05) is 18.2 Å². The molecule has 0 aliphatic rings. The monoisotopic (exact) mass is 444 g/mol. The summed E-state index contributed by atoms with van der Waals surface area (Å²) >= 11 is 0.543. The van der Waals surface area contributed by atoms with Crippen LogP contribution < -0.4 is 0 Å². The van der Waals surface area contributed by atoms with E-state index in [1.165, 1.54) is 6.07 Å². The van der Waals surface area contributed by atoms with Crippen LogP contribution in [-0.4, -0.2) is 25.0 Å². The van der Waals surface area contributed by atoms with Gasteiger partial charge in [0.1, 0.15) is 0 Å². The third kappa shape index (κ3) is 4.79. The molecule has 1 N–H and O–H groups in total. The summed E-state index contributed by atoms with van der Waals surface area (Å²) in [5.41, 5.74) is -7.21. The van der Waals surface area contributed by atoms with Crippen molar-refractivity contribution in [3.8, 4) is 0 Å². The highest BCUT2D eigenvalue weighted by Crippen LogP contribution is 2.38. The Hall–Kier alpha value is -2.21. The van der Waals surface area contributed by atoms with Gasteiger partial charge in [0.25, 0.3) is 9.84 Å². The molecule has 0 saturated heterocycles. The smallest absolute Gasteiger partial charge is 0.478 e. The minimum absolute atomic E-state index is 0.0949. The molecule has 28 heavy (non-hydrogen) atoms. The van der Waals surface area contributed by atoms with Crippen LogP contribution in [0.15, 0.2) is 52.3 Å². The summed E-state index contributed by atoms with van der Waals surface area (Å²) in [6.45, 7) is 0. The number of carbonyl (C=O) groups is 1. The second kappa shape index (κ2) is 7.66. The summed E-state index contributed by atoms with van der Waals surface area (Å²) in [5, 5.41) is 8.89. The second-order valence-corrected chi connectivity index (χ2v) is 8.33. The highest BCUT2D eigenvalue weighted by Gasteiger charge is 2.48. The highest BCUT2D eigenvalue weighted by molar-refractivity contribution is 7.99. The van der Waals surface area contributed by atoms with Crippen LogP contribution >= 0.6 is 11.8 Å². The molecule has 0 aromatic heterocycles. The van der Waals surface area contributed by atoms with Crippen LogP contribution in [-0.2, 0) is 21.8 Å². The van der Waals surface area contributed by atoms with Crippen LogP contribution in [0.1, 0.15) is 21.5 Å². The summed E-state index contributed by atoms with van der Waals surface area (Å²) < 4.78 is 100. The van der Waals surface area contributed by atoms with Gasteiger partial charge in [0, 0.05) is 10.6 Å². The molecule has 2 aromatic carbocycles. The number of hydrogen-bond acceptors (Lipinski definition) is 4. The maximum absolute atomic E-state index is 12.9. The van der Waals surface area contributed by atoms with E-state index in [-0.39, 0.29) is 11.3 Å². The predicted molar refractivity (Wildman–Crippen MR) is 87.6 cm³/mol. The number of carboxylic acids is 1. The van der Waals surface area contributed by atoms with E-state index in [0.717, 1.165) is 30.3 Å². The molecule has 12 heteroatoms. The lowest BCUT2D eigenvalue weighted by Gasteiger charge is -2.14. The first-order valence-electron chi connectivity index (χ1n) is 7.21. The lowest BCUT2D eigenvalue weighted by Crippen LogP contribution is -2.24. The van der Waals surface area contributed by atoms with Crippen molar-refractivity contribution in [2.75, 3.05) is 0 Å². The Morgan fingerprint density at radius 1 is 1.00 bits per heavy atom. The third-order valence-corrected chi connectivity index (χ3v) is 6.23. The van der Waals surface area contributed by atoms with Gasteiger partial charge in [0.15, 0.2) is 0 Å². The number of sulfone groups is 1. The van der Waals surface area contributed by atoms with Gasteiger partial charge >= 0.3 is 17.7 Å². The summed E-state index contributed by atoms with van der Waals surface area (Å²) in [6, 6.07) is 6.17. The first kappa shape index (κ1) is 22.1. The zero-order valence-corrected chi connectivity index (χ0v) is 15.1. The number of halogens is 6. The minimum Gasteiger partial charge on any atom is -0.478 e. The average Bonchev–Trinajstić information content (AvgIpc) is 2.58. The molecule has 0 atom stereocenters. The largest absolute Gasteiger partial charge is 0.501 e. The number of rotatable bonds is 5. The van der Waals surface area contributed by atoms with Gasteiger partial charge in [-0.2, -0.15) is 26.3 Å². The molecule has 0 heterocycles. The zero-order valence-electron chi connectivity index (χ0n) is 13.5. The van der Waals surface area contributed by atoms with Gasteiger partial charge in [-0.15, -0.1) is 11.8 Å². The highest BCUT2D eigenvalue weighted by atomic mass is 32.2. The SMILES string of the molecule is O=C(O)c1ccc(SCc2cccc(C(F)(F)F)c2)c(S(=O)(=O)C(F)(F)F)c1. The number of hydrogen-bond donors (Lipinski definition) is 1. The van der Waals surface area contributed by atoms with Crippen molar-refractivity contribution >= 4 is 27.6 Å². The van der Waals surface area contributed by atoms with E-state index in [4.69, 9.17) is 5.11 Å². The maximum atomic E-state index is 12.9. The van der Waals surface area contributed by atoms with Crippen molar-refractivity contribution in [2.45, 2.75) is 27.2 Å². The van der Waals surface area contributed by atoms with Crippen molar-refractivity contribution in [1.82, 2.24) is 0 Å². The van der Waals surface area contributed by atoms with Crippen LogP contribution in [0.3, 0.4) is 0 Å². The van der Waals surface area contributed by atoms with Crippen molar-refractivity contribution in [1.29, 1.82) is 0 Å². The van der Waals surface area contributed by atoms with E-state index in [1.54, 1.807) is 0 Å². The first-order chi connectivity index (χ1) is 12.7. The van der Waals surface area contributed by atoms with E-state index in [2.05, 4.69) is 0 Å². The number of alkyl halides is 6. The van der Waals surface area contributed by atoms with Crippen molar-refractivity contribution in [3.05, 3.63) is 59.2 Å². The number of aromatic carboxylic acids is 1. The van der Waals surface area contributed by atoms with Gasteiger partial charge in [-0.25, -0.2) is 13.2 Å². The van der Waals surface area contributed by atoms with Crippen molar-refractivity contribution in [3.63, 3.8) is 0 Å². The molecule has 0 unspecified atom stereocenters. The van der Waals surface area contributed by atoms with Gasteiger partial charge in [0.2, 0.25) is 0 Å². The van der Waals surface area contributed by atoms with Crippen LogP contribution in [0, 0.1) is 0 Å². The molecule has 0 fully saturated rings. The summed E-state index contributed by atoms with van der Waals surface area (Å²) in [5.74, 6) is -1.90. The van der Waals surface area contributed by atoms with Gasteiger partial charge < -0.3 is 5.11 Å². The van der Waals surface area contributed by atoms with E-state index in [9.17, 15) is 39.6 Å². The Balaban J connectivity index is 2.43. The van der Waals surface area contributed by atoms with E-state index < -0.39 is 48.4 Å². The quantitative estimate of drug-likeness (QED) is 0.520. The Bertz CT molecular complexity index is 997. The van der Waals surface area contributed by atoms with Gasteiger partial charge in [0.05, 0.1) is 16.0 Å². The Labute approximate surface area is 159 Å². The Morgan fingerprint density at radius 3 is 2.18 bits per heavy atom. The van der Waals surface area contributed by atoms with Gasteiger partial charge in [-0.05, 0) is 29.8 Å². The molecular weight excluding hydrogens is 434 g/mol. The fraction of sp³-hybridized carbons (Fsp3) is 0.188. The molecule has 0 bridgehead atoms. The summed E-state index contributed by atoms with van der Waals surface area (Å²) in [4.78, 5) is 9.26. The molecule has 0 aliphatic carbocycles. The minimum atomic E-state index is -5.86. The maximum Gasteiger partial charge on any atom is 0.501 e. The fourth-order valence-corrected chi connectivity index (χ4v) is 4.33. The molecule has 0 radical (unpaired) electrons. The number of benzene rings is 2. The summed E-state index contributed by atoms with van der Waals surface area (Å²) in [6.07, 6.45) is -4.62. The Morgan fingerprint density at radius 2 is 1.64 bits per heavy atom. The molecule has 2 aromatic rings. The molecule has 0 spiro atoms. The van der Waals surface area contributed by atoms with Crippen molar-refractivity contribution in [2.24, 2.45) is 0 Å². The lowest BCUT2D eigenvalue weighted by atomic mass is 10.1. The van der Waals surface area contributed by atoms with Crippen LogP contribution in [0.25, 0.3) is 0 Å². The Kier molecular flexibility index (Phi) is 6.04. The molecular formula is C16H10F6O4S2. The summed E-state index contributed by atoms with van der Waals surface area (Å²) in [7, 11) is -5.86. The molecule has 0 saturated carbocycles.